The van der Waals surface area contributed by atoms with E-state index in [1.54, 1.807) is 6.07 Å². The number of rotatable bonds is 4. The van der Waals surface area contributed by atoms with Crippen molar-refractivity contribution in [2.75, 3.05) is 6.54 Å². The van der Waals surface area contributed by atoms with Crippen LogP contribution in [0.15, 0.2) is 27.1 Å². The molecule has 0 bridgehead atoms. The molecule has 1 nitrogen and oxygen atoms in total. The third kappa shape index (κ3) is 3.42. The molecule has 0 radical (unpaired) electrons. The van der Waals surface area contributed by atoms with Crippen molar-refractivity contribution in [2.24, 2.45) is 0 Å². The zero-order chi connectivity index (χ0) is 14.9. The van der Waals surface area contributed by atoms with E-state index in [9.17, 15) is 8.78 Å². The van der Waals surface area contributed by atoms with E-state index < -0.39 is 17.7 Å². The lowest BCUT2D eigenvalue weighted by Gasteiger charge is -2.18. The van der Waals surface area contributed by atoms with Crippen molar-refractivity contribution in [2.45, 2.75) is 13.0 Å². The molecule has 2 aromatic rings. The second kappa shape index (κ2) is 6.83. The minimum atomic E-state index is -0.594. The van der Waals surface area contributed by atoms with Crippen molar-refractivity contribution in [3.63, 3.8) is 0 Å². The van der Waals surface area contributed by atoms with Crippen LogP contribution in [0.4, 0.5) is 8.78 Å². The summed E-state index contributed by atoms with van der Waals surface area (Å²) in [7, 11) is 0. The lowest BCUT2D eigenvalue weighted by Crippen LogP contribution is -2.23. The molecule has 0 saturated heterocycles. The molecule has 108 valence electrons. The van der Waals surface area contributed by atoms with Crippen molar-refractivity contribution in [1.82, 2.24) is 5.32 Å². The molecule has 0 spiro atoms. The van der Waals surface area contributed by atoms with Gasteiger partial charge >= 0.3 is 0 Å². The van der Waals surface area contributed by atoms with Crippen molar-refractivity contribution in [1.29, 1.82) is 0 Å². The molecule has 20 heavy (non-hydrogen) atoms. The van der Waals surface area contributed by atoms with E-state index in [-0.39, 0.29) is 5.56 Å². The Morgan fingerprint density at radius 1 is 1.25 bits per heavy atom. The first kappa shape index (κ1) is 16.4. The van der Waals surface area contributed by atoms with Crippen LogP contribution in [-0.4, -0.2) is 6.54 Å². The first-order chi connectivity index (χ1) is 9.43. The summed E-state index contributed by atoms with van der Waals surface area (Å²) in [5.41, 5.74) is 0.000432. The van der Waals surface area contributed by atoms with Gasteiger partial charge < -0.3 is 5.32 Å². The van der Waals surface area contributed by atoms with Gasteiger partial charge in [-0.1, -0.05) is 34.5 Å². The average Bonchev–Trinajstić information content (AvgIpc) is 2.67. The highest BCUT2D eigenvalue weighted by molar-refractivity contribution is 9.10. The Labute approximate surface area is 141 Å². The molecule has 1 atom stereocenters. The van der Waals surface area contributed by atoms with Gasteiger partial charge in [0.15, 0.2) is 0 Å². The Morgan fingerprint density at radius 2 is 1.85 bits per heavy atom. The second-order valence-electron chi connectivity index (χ2n) is 4.04. The minimum absolute atomic E-state index is 0.000432. The second-order valence-corrected chi connectivity index (χ2v) is 7.50. The summed E-state index contributed by atoms with van der Waals surface area (Å²) in [5, 5.41) is 3.09. The number of thiophene rings is 1. The fraction of sp³-hybridized carbons (Fsp3) is 0.231. The normalized spacial score (nSPS) is 12.7. The molecule has 0 amide bonds. The maximum Gasteiger partial charge on any atom is 0.132 e. The molecule has 1 aromatic heterocycles. The quantitative estimate of drug-likeness (QED) is 0.618. The number of hydrogen-bond acceptors (Lipinski definition) is 2. The molecule has 0 aliphatic heterocycles. The fourth-order valence-corrected chi connectivity index (χ4v) is 4.11. The number of halogens is 5. The Balaban J connectivity index is 2.54. The number of hydrogen-bond donors (Lipinski definition) is 1. The summed E-state index contributed by atoms with van der Waals surface area (Å²) >= 11 is 13.7. The van der Waals surface area contributed by atoms with Crippen LogP contribution in [0.2, 0.25) is 4.34 Å². The van der Waals surface area contributed by atoms with Gasteiger partial charge in [0, 0.05) is 19.4 Å². The topological polar surface area (TPSA) is 12.0 Å². The number of nitrogens with one attached hydrogen (secondary N) is 1. The van der Waals surface area contributed by atoms with Crippen molar-refractivity contribution in [3.05, 3.63) is 53.6 Å². The van der Waals surface area contributed by atoms with E-state index in [1.165, 1.54) is 23.5 Å². The molecule has 0 aliphatic rings. The third-order valence-electron chi connectivity index (χ3n) is 2.69. The Hall–Kier alpha value is -0.0100. The summed E-state index contributed by atoms with van der Waals surface area (Å²) in [6.07, 6.45) is 0. The van der Waals surface area contributed by atoms with Crippen LogP contribution in [0, 0.1) is 11.6 Å². The molecule has 0 aliphatic carbocycles. The molecule has 1 heterocycles. The van der Waals surface area contributed by atoms with E-state index >= 15 is 0 Å². The van der Waals surface area contributed by atoms with Gasteiger partial charge in [-0.15, -0.1) is 11.3 Å². The minimum Gasteiger partial charge on any atom is -0.306 e. The molecule has 0 saturated carbocycles. The van der Waals surface area contributed by atoms with Gasteiger partial charge in [-0.25, -0.2) is 8.78 Å². The average molecular weight is 446 g/mol. The molecule has 1 aromatic carbocycles. The summed E-state index contributed by atoms with van der Waals surface area (Å²) in [5.74, 6) is -1.19. The number of benzene rings is 1. The molecule has 7 heteroatoms. The predicted molar refractivity (Wildman–Crippen MR) is 86.6 cm³/mol. The smallest absolute Gasteiger partial charge is 0.132 e. The lowest BCUT2D eigenvalue weighted by atomic mass is 10.0. The monoisotopic (exact) mass is 443 g/mol. The van der Waals surface area contributed by atoms with Gasteiger partial charge in [-0.3, -0.25) is 0 Å². The third-order valence-corrected chi connectivity index (χ3v) is 5.69. The fourth-order valence-electron chi connectivity index (χ4n) is 1.88. The van der Waals surface area contributed by atoms with Gasteiger partial charge in [-0.05, 0) is 40.7 Å². The molecule has 2 rings (SSSR count). The van der Waals surface area contributed by atoms with Crippen molar-refractivity contribution >= 4 is 54.8 Å². The lowest BCUT2D eigenvalue weighted by molar-refractivity contribution is 0.512. The van der Waals surface area contributed by atoms with Gasteiger partial charge in [0.1, 0.15) is 16.0 Å². The predicted octanol–water partition coefficient (Wildman–Crippen LogP) is 5.90. The van der Waals surface area contributed by atoms with Gasteiger partial charge in [0.2, 0.25) is 0 Å². The van der Waals surface area contributed by atoms with Crippen molar-refractivity contribution in [3.8, 4) is 0 Å². The van der Waals surface area contributed by atoms with Crippen LogP contribution in [-0.2, 0) is 0 Å². The SMILES string of the molecule is CCNC(c1cc(Br)c(Cl)s1)c1c(F)cc(Br)cc1F. The van der Waals surface area contributed by atoms with Crippen LogP contribution in [0.25, 0.3) is 0 Å². The standard InChI is InChI=1S/C13H10Br2ClF2NS/c1-2-19-12(10-5-7(15)13(16)20-10)11-8(17)3-6(14)4-9(11)18/h3-5,12,19H,2H2,1H3. The van der Waals surface area contributed by atoms with E-state index in [4.69, 9.17) is 11.6 Å². The Morgan fingerprint density at radius 3 is 2.30 bits per heavy atom. The van der Waals surface area contributed by atoms with Crippen LogP contribution in [0.3, 0.4) is 0 Å². The largest absolute Gasteiger partial charge is 0.306 e. The highest BCUT2D eigenvalue weighted by Crippen LogP contribution is 2.39. The Bertz CT molecular complexity index is 590. The van der Waals surface area contributed by atoms with Crippen LogP contribution < -0.4 is 5.32 Å². The summed E-state index contributed by atoms with van der Waals surface area (Å²) in [6, 6.07) is 3.73. The summed E-state index contributed by atoms with van der Waals surface area (Å²) in [4.78, 5) is 0.754. The molecular formula is C13H10Br2ClF2NS. The van der Waals surface area contributed by atoms with E-state index in [1.807, 2.05) is 6.92 Å². The van der Waals surface area contributed by atoms with E-state index in [2.05, 4.69) is 37.2 Å². The molecule has 1 unspecified atom stereocenters. The zero-order valence-electron chi connectivity index (χ0n) is 10.3. The Kier molecular flexibility index (Phi) is 5.59. The van der Waals surface area contributed by atoms with Crippen LogP contribution >= 0.6 is 54.8 Å². The molecule has 1 N–H and O–H groups in total. The van der Waals surface area contributed by atoms with E-state index in [0.717, 1.165) is 9.35 Å². The first-order valence-electron chi connectivity index (χ1n) is 5.76. The maximum absolute atomic E-state index is 14.1. The van der Waals surface area contributed by atoms with Crippen LogP contribution in [0.5, 0.6) is 0 Å². The molecule has 0 fully saturated rings. The van der Waals surface area contributed by atoms with Gasteiger partial charge in [0.25, 0.3) is 0 Å². The zero-order valence-corrected chi connectivity index (χ0v) is 15.1. The van der Waals surface area contributed by atoms with Crippen molar-refractivity contribution < 1.29 is 8.78 Å². The maximum atomic E-state index is 14.1. The highest BCUT2D eigenvalue weighted by Gasteiger charge is 2.24. The molecular weight excluding hydrogens is 435 g/mol. The first-order valence-corrected chi connectivity index (χ1v) is 8.54. The van der Waals surface area contributed by atoms with E-state index in [0.29, 0.717) is 15.4 Å². The van der Waals surface area contributed by atoms with Crippen LogP contribution in [0.1, 0.15) is 23.4 Å². The highest BCUT2D eigenvalue weighted by atomic mass is 79.9. The van der Waals surface area contributed by atoms with Gasteiger partial charge in [-0.2, -0.15) is 0 Å². The summed E-state index contributed by atoms with van der Waals surface area (Å²) < 4.78 is 29.9. The van der Waals surface area contributed by atoms with Gasteiger partial charge in [0.05, 0.1) is 6.04 Å². The summed E-state index contributed by atoms with van der Waals surface area (Å²) in [6.45, 7) is 2.46.